The summed E-state index contributed by atoms with van der Waals surface area (Å²) in [6, 6.07) is 4.70. The van der Waals surface area contributed by atoms with Crippen LogP contribution in [0.1, 0.15) is 18.9 Å². The second-order valence-corrected chi connectivity index (χ2v) is 5.18. The molecule has 0 aliphatic rings. The SMILES string of the molecule is C=CCC(Sc1ccc(C(F)(F)F)cc1)C(=O)OCC. The van der Waals surface area contributed by atoms with Gasteiger partial charge in [0.25, 0.3) is 0 Å². The molecule has 0 heterocycles. The monoisotopic (exact) mass is 304 g/mol. The number of esters is 1. The van der Waals surface area contributed by atoms with E-state index < -0.39 is 23.0 Å². The number of carbonyl (C=O) groups is 1. The summed E-state index contributed by atoms with van der Waals surface area (Å²) < 4.78 is 42.2. The number of alkyl halides is 3. The Bertz CT molecular complexity index is 454. The first kappa shape index (κ1) is 16.6. The number of carbonyl (C=O) groups excluding carboxylic acids is 1. The Morgan fingerprint density at radius 1 is 1.40 bits per heavy atom. The van der Waals surface area contributed by atoms with Crippen LogP contribution in [0.15, 0.2) is 41.8 Å². The maximum Gasteiger partial charge on any atom is 0.416 e. The molecule has 0 radical (unpaired) electrons. The first-order valence-electron chi connectivity index (χ1n) is 6.00. The molecule has 1 aromatic rings. The fraction of sp³-hybridized carbons (Fsp3) is 0.357. The van der Waals surface area contributed by atoms with Crippen LogP contribution in [-0.4, -0.2) is 17.8 Å². The molecule has 2 nitrogen and oxygen atoms in total. The fourth-order valence-electron chi connectivity index (χ4n) is 1.47. The van der Waals surface area contributed by atoms with E-state index >= 15 is 0 Å². The highest BCUT2D eigenvalue weighted by molar-refractivity contribution is 8.00. The summed E-state index contributed by atoms with van der Waals surface area (Å²) in [5, 5.41) is -0.496. The third-order valence-corrected chi connectivity index (χ3v) is 3.60. The smallest absolute Gasteiger partial charge is 0.416 e. The van der Waals surface area contributed by atoms with Gasteiger partial charge in [0.1, 0.15) is 5.25 Å². The van der Waals surface area contributed by atoms with Crippen LogP contribution in [0.25, 0.3) is 0 Å². The van der Waals surface area contributed by atoms with Crippen molar-refractivity contribution in [1.82, 2.24) is 0 Å². The quantitative estimate of drug-likeness (QED) is 0.445. The third kappa shape index (κ3) is 4.92. The molecule has 0 spiro atoms. The van der Waals surface area contributed by atoms with Gasteiger partial charge in [0.2, 0.25) is 0 Å². The van der Waals surface area contributed by atoms with Gasteiger partial charge in [-0.25, -0.2) is 0 Å². The van der Waals surface area contributed by atoms with Crippen LogP contribution in [0, 0.1) is 0 Å². The van der Waals surface area contributed by atoms with E-state index in [1.807, 2.05) is 0 Å². The van der Waals surface area contributed by atoms with Crippen molar-refractivity contribution in [3.05, 3.63) is 42.5 Å². The van der Waals surface area contributed by atoms with Crippen LogP contribution in [-0.2, 0) is 15.7 Å². The number of thioether (sulfide) groups is 1. The van der Waals surface area contributed by atoms with Gasteiger partial charge in [-0.3, -0.25) is 4.79 Å². The number of hydrogen-bond donors (Lipinski definition) is 0. The van der Waals surface area contributed by atoms with Crippen molar-refractivity contribution >= 4 is 17.7 Å². The topological polar surface area (TPSA) is 26.3 Å². The summed E-state index contributed by atoms with van der Waals surface area (Å²) in [6.45, 7) is 5.53. The van der Waals surface area contributed by atoms with Gasteiger partial charge in [0.05, 0.1) is 12.2 Å². The van der Waals surface area contributed by atoms with Gasteiger partial charge in [-0.2, -0.15) is 13.2 Å². The van der Waals surface area contributed by atoms with Gasteiger partial charge in [-0.15, -0.1) is 18.3 Å². The molecular weight excluding hydrogens is 289 g/mol. The molecule has 0 N–H and O–H groups in total. The first-order valence-corrected chi connectivity index (χ1v) is 6.88. The number of benzene rings is 1. The van der Waals surface area contributed by atoms with Crippen LogP contribution in [0.3, 0.4) is 0 Å². The molecule has 0 aliphatic carbocycles. The zero-order valence-corrected chi connectivity index (χ0v) is 11.8. The molecule has 0 amide bonds. The van der Waals surface area contributed by atoms with E-state index in [0.29, 0.717) is 11.3 Å². The Hall–Kier alpha value is -1.43. The Morgan fingerprint density at radius 2 is 2.00 bits per heavy atom. The molecule has 0 aromatic heterocycles. The molecule has 1 rings (SSSR count). The van der Waals surface area contributed by atoms with E-state index in [-0.39, 0.29) is 6.61 Å². The van der Waals surface area contributed by atoms with Crippen molar-refractivity contribution in [1.29, 1.82) is 0 Å². The molecule has 1 atom stereocenters. The standard InChI is InChI=1S/C14H15F3O2S/c1-3-5-12(13(18)19-4-2)20-11-8-6-10(7-9-11)14(15,16)17/h3,6-9,12H,1,4-5H2,2H3. The molecule has 110 valence electrons. The van der Waals surface area contributed by atoms with Gasteiger partial charge in [-0.05, 0) is 37.6 Å². The largest absolute Gasteiger partial charge is 0.465 e. The Morgan fingerprint density at radius 3 is 2.45 bits per heavy atom. The lowest BCUT2D eigenvalue weighted by Gasteiger charge is -2.14. The van der Waals surface area contributed by atoms with E-state index in [2.05, 4.69) is 6.58 Å². The average molecular weight is 304 g/mol. The predicted molar refractivity (Wildman–Crippen MR) is 72.5 cm³/mol. The van der Waals surface area contributed by atoms with Crippen LogP contribution in [0.2, 0.25) is 0 Å². The van der Waals surface area contributed by atoms with Crippen molar-refractivity contribution < 1.29 is 22.7 Å². The Kier molecular flexibility index (Phi) is 6.13. The molecule has 6 heteroatoms. The highest BCUT2D eigenvalue weighted by Crippen LogP contribution is 2.32. The van der Waals surface area contributed by atoms with E-state index in [1.165, 1.54) is 23.9 Å². The van der Waals surface area contributed by atoms with E-state index in [4.69, 9.17) is 4.74 Å². The molecule has 0 aliphatic heterocycles. The van der Waals surface area contributed by atoms with Gasteiger partial charge in [0.15, 0.2) is 0 Å². The van der Waals surface area contributed by atoms with E-state index in [0.717, 1.165) is 12.1 Å². The third-order valence-electron chi connectivity index (χ3n) is 2.39. The molecule has 0 saturated heterocycles. The number of rotatable bonds is 6. The summed E-state index contributed by atoms with van der Waals surface area (Å²) >= 11 is 1.17. The molecule has 0 bridgehead atoms. The lowest BCUT2D eigenvalue weighted by Crippen LogP contribution is -2.19. The maximum absolute atomic E-state index is 12.4. The van der Waals surface area contributed by atoms with Gasteiger partial charge in [0, 0.05) is 4.90 Å². The molecule has 0 saturated carbocycles. The summed E-state index contributed by atoms with van der Waals surface area (Å²) in [6.07, 6.45) is -2.38. The van der Waals surface area contributed by atoms with Crippen LogP contribution in [0.5, 0.6) is 0 Å². The highest BCUT2D eigenvalue weighted by atomic mass is 32.2. The minimum absolute atomic E-state index is 0.264. The summed E-state index contributed by atoms with van der Waals surface area (Å²) in [5.74, 6) is -0.391. The van der Waals surface area contributed by atoms with Crippen molar-refractivity contribution in [2.75, 3.05) is 6.61 Å². The maximum atomic E-state index is 12.4. The van der Waals surface area contributed by atoms with Crippen molar-refractivity contribution in [3.8, 4) is 0 Å². The highest BCUT2D eigenvalue weighted by Gasteiger charge is 2.30. The zero-order valence-electron chi connectivity index (χ0n) is 10.9. The minimum Gasteiger partial charge on any atom is -0.465 e. The molecule has 0 fully saturated rings. The van der Waals surface area contributed by atoms with Crippen molar-refractivity contribution in [3.63, 3.8) is 0 Å². The number of ether oxygens (including phenoxy) is 1. The van der Waals surface area contributed by atoms with Gasteiger partial charge >= 0.3 is 12.1 Å². The molecule has 20 heavy (non-hydrogen) atoms. The zero-order chi connectivity index (χ0) is 15.2. The lowest BCUT2D eigenvalue weighted by molar-refractivity contribution is -0.142. The van der Waals surface area contributed by atoms with E-state index in [1.54, 1.807) is 13.0 Å². The summed E-state index contributed by atoms with van der Waals surface area (Å²) in [5.41, 5.74) is -0.710. The summed E-state index contributed by atoms with van der Waals surface area (Å²) in [7, 11) is 0. The van der Waals surface area contributed by atoms with Crippen LogP contribution >= 0.6 is 11.8 Å². The second-order valence-electron chi connectivity index (χ2n) is 3.91. The normalized spacial score (nSPS) is 12.8. The van der Waals surface area contributed by atoms with Crippen LogP contribution < -0.4 is 0 Å². The molecule has 1 unspecified atom stereocenters. The van der Waals surface area contributed by atoms with Gasteiger partial charge in [-0.1, -0.05) is 6.08 Å². The molecule has 1 aromatic carbocycles. The number of halogens is 3. The van der Waals surface area contributed by atoms with Crippen molar-refractivity contribution in [2.24, 2.45) is 0 Å². The number of hydrogen-bond acceptors (Lipinski definition) is 3. The van der Waals surface area contributed by atoms with Crippen LogP contribution in [0.4, 0.5) is 13.2 Å². The predicted octanol–water partition coefficient (Wildman–Crippen LogP) is 4.31. The first-order chi connectivity index (χ1) is 9.38. The Labute approximate surface area is 120 Å². The average Bonchev–Trinajstić information content (AvgIpc) is 2.38. The Balaban J connectivity index is 2.78. The minimum atomic E-state index is -4.36. The molecular formula is C14H15F3O2S. The van der Waals surface area contributed by atoms with Crippen molar-refractivity contribution in [2.45, 2.75) is 29.7 Å². The van der Waals surface area contributed by atoms with E-state index in [9.17, 15) is 18.0 Å². The number of allylic oxidation sites excluding steroid dienone is 1. The lowest BCUT2D eigenvalue weighted by atomic mass is 10.2. The second kappa shape index (κ2) is 7.38. The van der Waals surface area contributed by atoms with Gasteiger partial charge < -0.3 is 4.74 Å². The summed E-state index contributed by atoms with van der Waals surface area (Å²) in [4.78, 5) is 12.3. The fourth-order valence-corrected chi connectivity index (χ4v) is 2.48.